The van der Waals surface area contributed by atoms with Crippen molar-refractivity contribution in [1.82, 2.24) is 0 Å². The molecular weight excluding hydrogens is 396 g/mol. The number of esters is 1. The van der Waals surface area contributed by atoms with Gasteiger partial charge in [0, 0.05) is 36.7 Å². The van der Waals surface area contributed by atoms with Gasteiger partial charge in [-0.25, -0.2) is 4.79 Å². The zero-order valence-corrected chi connectivity index (χ0v) is 17.3. The molecule has 1 saturated heterocycles. The summed E-state index contributed by atoms with van der Waals surface area (Å²) in [4.78, 5) is 26.0. The monoisotopic (exact) mass is 418 g/mol. The molecule has 1 aliphatic rings. The van der Waals surface area contributed by atoms with Crippen molar-refractivity contribution in [3.63, 3.8) is 0 Å². The number of ether oxygens (including phenoxy) is 1. The Labute approximate surface area is 174 Å². The number of methoxy groups -OCH3 is 1. The average Bonchev–Trinajstić information content (AvgIpc) is 2.73. The van der Waals surface area contributed by atoms with E-state index in [2.05, 4.69) is 15.0 Å². The number of halogens is 1. The Hall–Kier alpha value is -2.18. The number of thioether (sulfide) groups is 1. The summed E-state index contributed by atoms with van der Waals surface area (Å²) in [5.41, 5.74) is 3.20. The largest absolute Gasteiger partial charge is 0.465 e. The Morgan fingerprint density at radius 2 is 1.86 bits per heavy atom. The maximum absolute atomic E-state index is 12.3. The zero-order valence-electron chi connectivity index (χ0n) is 15.7. The van der Waals surface area contributed by atoms with Crippen LogP contribution in [0.3, 0.4) is 0 Å². The first-order chi connectivity index (χ1) is 13.6. The molecule has 28 heavy (non-hydrogen) atoms. The molecule has 5 nitrogen and oxygen atoms in total. The maximum Gasteiger partial charge on any atom is 0.337 e. The van der Waals surface area contributed by atoms with Crippen LogP contribution in [0, 0.1) is 0 Å². The summed E-state index contributed by atoms with van der Waals surface area (Å²) in [5, 5.41) is 3.56. The number of carbonyl (C=O) groups excluding carboxylic acids is 2. The minimum Gasteiger partial charge on any atom is -0.465 e. The van der Waals surface area contributed by atoms with E-state index < -0.39 is 0 Å². The SMILES string of the molecule is COC(=O)c1ccc(CCC(=O)Nc2ccc(N3CCSCC3)c(Cl)c2)cc1. The van der Waals surface area contributed by atoms with Crippen LogP contribution in [0.15, 0.2) is 42.5 Å². The molecule has 1 fully saturated rings. The first-order valence-electron chi connectivity index (χ1n) is 9.16. The van der Waals surface area contributed by atoms with Gasteiger partial charge in [0.2, 0.25) is 5.91 Å². The van der Waals surface area contributed by atoms with Gasteiger partial charge in [-0.2, -0.15) is 11.8 Å². The molecular formula is C21H23ClN2O3S. The van der Waals surface area contributed by atoms with Gasteiger partial charge in [-0.3, -0.25) is 4.79 Å². The van der Waals surface area contributed by atoms with Crippen LogP contribution in [0.2, 0.25) is 5.02 Å². The summed E-state index contributed by atoms with van der Waals surface area (Å²) in [5.74, 6) is 1.77. The second-order valence-electron chi connectivity index (χ2n) is 6.50. The van der Waals surface area contributed by atoms with Gasteiger partial charge in [-0.05, 0) is 42.3 Å². The molecule has 0 spiro atoms. The van der Waals surface area contributed by atoms with Crippen molar-refractivity contribution in [2.75, 3.05) is 41.9 Å². The fraction of sp³-hybridized carbons (Fsp3) is 0.333. The number of amides is 1. The number of benzene rings is 2. The van der Waals surface area contributed by atoms with Gasteiger partial charge in [0.05, 0.1) is 23.4 Å². The van der Waals surface area contributed by atoms with E-state index in [1.54, 1.807) is 12.1 Å². The van der Waals surface area contributed by atoms with E-state index in [0.29, 0.717) is 29.1 Å². The van der Waals surface area contributed by atoms with Crippen LogP contribution in [0.1, 0.15) is 22.3 Å². The third-order valence-corrected chi connectivity index (χ3v) is 5.84. The molecule has 3 rings (SSSR count). The van der Waals surface area contributed by atoms with Crippen molar-refractivity contribution in [1.29, 1.82) is 0 Å². The average molecular weight is 419 g/mol. The Bertz CT molecular complexity index is 836. The van der Waals surface area contributed by atoms with Gasteiger partial charge < -0.3 is 15.0 Å². The summed E-state index contributed by atoms with van der Waals surface area (Å²) >= 11 is 8.39. The van der Waals surface area contributed by atoms with Crippen LogP contribution < -0.4 is 10.2 Å². The normalized spacial score (nSPS) is 13.9. The molecule has 2 aromatic rings. The first-order valence-corrected chi connectivity index (χ1v) is 10.7. The standard InChI is InChI=1S/C21H23ClN2O3S/c1-27-21(26)16-5-2-15(3-6-16)4-9-20(25)23-17-7-8-19(18(22)14-17)24-10-12-28-13-11-24/h2-3,5-8,14H,4,9-13H2,1H3,(H,23,25). The minimum absolute atomic E-state index is 0.0739. The van der Waals surface area contributed by atoms with Crippen molar-refractivity contribution in [3.05, 3.63) is 58.6 Å². The van der Waals surface area contributed by atoms with Gasteiger partial charge in [0.25, 0.3) is 0 Å². The summed E-state index contributed by atoms with van der Waals surface area (Å²) < 4.78 is 4.68. The number of nitrogens with one attached hydrogen (secondary N) is 1. The van der Waals surface area contributed by atoms with Crippen LogP contribution in [0.5, 0.6) is 0 Å². The smallest absolute Gasteiger partial charge is 0.337 e. The quantitative estimate of drug-likeness (QED) is 0.710. The number of aryl methyl sites for hydroxylation is 1. The van der Waals surface area contributed by atoms with E-state index >= 15 is 0 Å². The van der Waals surface area contributed by atoms with E-state index in [1.165, 1.54) is 7.11 Å². The Balaban J connectivity index is 1.53. The number of hydrogen-bond donors (Lipinski definition) is 1. The maximum atomic E-state index is 12.3. The van der Waals surface area contributed by atoms with Gasteiger partial charge in [0.15, 0.2) is 0 Å². The summed E-state index contributed by atoms with van der Waals surface area (Å²) in [6.07, 6.45) is 0.935. The first kappa shape index (κ1) is 20.6. The minimum atomic E-state index is -0.368. The lowest BCUT2D eigenvalue weighted by molar-refractivity contribution is -0.116. The van der Waals surface area contributed by atoms with E-state index in [1.807, 2.05) is 42.1 Å². The highest BCUT2D eigenvalue weighted by molar-refractivity contribution is 7.99. The molecule has 1 aliphatic heterocycles. The van der Waals surface area contributed by atoms with Crippen LogP contribution in [-0.4, -0.2) is 43.6 Å². The van der Waals surface area contributed by atoms with Crippen LogP contribution >= 0.6 is 23.4 Å². The summed E-state index contributed by atoms with van der Waals surface area (Å²) in [6, 6.07) is 12.8. The number of anilines is 2. The lowest BCUT2D eigenvalue weighted by Gasteiger charge is -2.29. The molecule has 1 N–H and O–H groups in total. The number of nitrogens with zero attached hydrogens (tertiary/aromatic N) is 1. The molecule has 0 bridgehead atoms. The second kappa shape index (κ2) is 9.85. The second-order valence-corrected chi connectivity index (χ2v) is 8.13. The molecule has 0 radical (unpaired) electrons. The van der Waals surface area contributed by atoms with Crippen molar-refractivity contribution < 1.29 is 14.3 Å². The summed E-state index contributed by atoms with van der Waals surface area (Å²) in [7, 11) is 1.35. The van der Waals surface area contributed by atoms with Gasteiger partial charge >= 0.3 is 5.97 Å². The fourth-order valence-corrected chi connectivity index (χ4v) is 4.26. The van der Waals surface area contributed by atoms with Crippen LogP contribution in [0.4, 0.5) is 11.4 Å². The lowest BCUT2D eigenvalue weighted by Crippen LogP contribution is -2.32. The van der Waals surface area contributed by atoms with Gasteiger partial charge in [0.1, 0.15) is 0 Å². The number of hydrogen-bond acceptors (Lipinski definition) is 5. The third-order valence-electron chi connectivity index (χ3n) is 4.60. The molecule has 0 aliphatic carbocycles. The van der Waals surface area contributed by atoms with E-state index in [-0.39, 0.29) is 11.9 Å². The molecule has 0 unspecified atom stereocenters. The van der Waals surface area contributed by atoms with Crippen molar-refractivity contribution in [2.45, 2.75) is 12.8 Å². The predicted octanol–water partition coefficient (Wildman–Crippen LogP) is 4.25. The lowest BCUT2D eigenvalue weighted by atomic mass is 10.1. The predicted molar refractivity (Wildman–Crippen MR) is 116 cm³/mol. The number of rotatable bonds is 6. The Kier molecular flexibility index (Phi) is 7.23. The van der Waals surface area contributed by atoms with Crippen molar-refractivity contribution in [2.24, 2.45) is 0 Å². The fourth-order valence-electron chi connectivity index (χ4n) is 3.05. The van der Waals surface area contributed by atoms with E-state index in [0.717, 1.165) is 35.8 Å². The highest BCUT2D eigenvalue weighted by Crippen LogP contribution is 2.30. The van der Waals surface area contributed by atoms with Crippen LogP contribution in [-0.2, 0) is 16.0 Å². The molecule has 2 aromatic carbocycles. The van der Waals surface area contributed by atoms with Gasteiger partial charge in [-0.1, -0.05) is 23.7 Å². The van der Waals surface area contributed by atoms with E-state index in [9.17, 15) is 9.59 Å². The Morgan fingerprint density at radius 3 is 2.50 bits per heavy atom. The topological polar surface area (TPSA) is 58.6 Å². The molecule has 1 heterocycles. The third kappa shape index (κ3) is 5.42. The van der Waals surface area contributed by atoms with Crippen molar-refractivity contribution >= 4 is 46.6 Å². The molecule has 0 aromatic heterocycles. The summed E-state index contributed by atoms with van der Waals surface area (Å²) in [6.45, 7) is 1.98. The number of carbonyl (C=O) groups is 2. The molecule has 0 saturated carbocycles. The van der Waals surface area contributed by atoms with Gasteiger partial charge in [-0.15, -0.1) is 0 Å². The molecule has 1 amide bonds. The molecule has 148 valence electrons. The van der Waals surface area contributed by atoms with Crippen molar-refractivity contribution in [3.8, 4) is 0 Å². The highest BCUT2D eigenvalue weighted by Gasteiger charge is 2.15. The van der Waals surface area contributed by atoms with Crippen LogP contribution in [0.25, 0.3) is 0 Å². The molecule has 0 atom stereocenters. The molecule has 7 heteroatoms. The zero-order chi connectivity index (χ0) is 19.9. The highest BCUT2D eigenvalue weighted by atomic mass is 35.5. The van der Waals surface area contributed by atoms with E-state index in [4.69, 9.17) is 11.6 Å². The Morgan fingerprint density at radius 1 is 1.14 bits per heavy atom.